The molecule has 3 heterocycles. The highest BCUT2D eigenvalue weighted by Crippen LogP contribution is 2.17. The molecule has 1 aliphatic heterocycles. The number of hydrogen-bond donors (Lipinski definition) is 1. The first-order valence-corrected chi connectivity index (χ1v) is 8.98. The third kappa shape index (κ3) is 4.80. The standard InChI is InChI=1S/C18H24N7O2/c1-25(2,13-16(26)24-10-5-6-14(24)12-19)11-9-21-18-22-17(23-27-18)15-7-3-4-8-20-15/h3-4,7-8,14H,5-6,9-11,13H2,1-2H3,(H,21,22,23)/q+1/t14-/m0/s1. The fourth-order valence-electron chi connectivity index (χ4n) is 3.10. The molecule has 3 rings (SSSR count). The molecule has 142 valence electrons. The average Bonchev–Trinajstić information content (AvgIpc) is 3.31. The molecule has 1 fully saturated rings. The van der Waals surface area contributed by atoms with Gasteiger partial charge < -0.3 is 19.2 Å². The van der Waals surface area contributed by atoms with Crippen molar-refractivity contribution in [2.75, 3.05) is 45.6 Å². The molecular weight excluding hydrogens is 346 g/mol. The van der Waals surface area contributed by atoms with Crippen LogP contribution in [-0.4, -0.2) is 76.7 Å². The Morgan fingerprint density at radius 2 is 2.33 bits per heavy atom. The number of likely N-dealkylation sites (N-methyl/N-ethyl adjacent to an activating group) is 1. The summed E-state index contributed by atoms with van der Waals surface area (Å²) in [4.78, 5) is 22.7. The van der Waals surface area contributed by atoms with Gasteiger partial charge in [0.1, 0.15) is 11.7 Å². The number of pyridine rings is 1. The summed E-state index contributed by atoms with van der Waals surface area (Å²) in [6.07, 6.45) is 3.34. The maximum absolute atomic E-state index is 12.5. The minimum Gasteiger partial charge on any atom is -0.332 e. The van der Waals surface area contributed by atoms with Crippen molar-refractivity contribution in [2.45, 2.75) is 18.9 Å². The van der Waals surface area contributed by atoms with Gasteiger partial charge in [-0.1, -0.05) is 11.2 Å². The Hall–Kier alpha value is -2.99. The molecule has 1 amide bonds. The van der Waals surface area contributed by atoms with Crippen LogP contribution in [0.3, 0.4) is 0 Å². The van der Waals surface area contributed by atoms with Gasteiger partial charge in [-0.05, 0) is 25.0 Å². The lowest BCUT2D eigenvalue weighted by molar-refractivity contribution is -0.881. The van der Waals surface area contributed by atoms with Crippen molar-refractivity contribution in [1.82, 2.24) is 20.0 Å². The molecule has 0 aromatic carbocycles. The van der Waals surface area contributed by atoms with E-state index in [4.69, 9.17) is 9.78 Å². The lowest BCUT2D eigenvalue weighted by Crippen LogP contribution is -2.51. The van der Waals surface area contributed by atoms with Crippen molar-refractivity contribution in [3.8, 4) is 17.6 Å². The van der Waals surface area contributed by atoms with Crippen LogP contribution in [0.2, 0.25) is 0 Å². The molecule has 1 saturated heterocycles. The summed E-state index contributed by atoms with van der Waals surface area (Å²) in [5.41, 5.74) is 0.647. The summed E-state index contributed by atoms with van der Waals surface area (Å²) in [7, 11) is 3.98. The summed E-state index contributed by atoms with van der Waals surface area (Å²) < 4.78 is 5.70. The number of carbonyl (C=O) groups excluding carboxylic acids is 1. The summed E-state index contributed by atoms with van der Waals surface area (Å²) in [6.45, 7) is 2.29. The number of rotatable bonds is 7. The topological polar surface area (TPSA) is 108 Å². The molecule has 9 nitrogen and oxygen atoms in total. The number of nitriles is 1. The van der Waals surface area contributed by atoms with Crippen molar-refractivity contribution < 1.29 is 13.8 Å². The lowest BCUT2D eigenvalue weighted by Gasteiger charge is -2.31. The number of nitrogens with one attached hydrogen (secondary N) is 1. The summed E-state index contributed by atoms with van der Waals surface area (Å²) in [5, 5.41) is 16.2. The van der Waals surface area contributed by atoms with Gasteiger partial charge in [0.2, 0.25) is 5.82 Å². The fourth-order valence-corrected chi connectivity index (χ4v) is 3.10. The largest absolute Gasteiger partial charge is 0.332 e. The quantitative estimate of drug-likeness (QED) is 0.728. The predicted molar refractivity (Wildman–Crippen MR) is 98.2 cm³/mol. The van der Waals surface area contributed by atoms with Gasteiger partial charge in [-0.2, -0.15) is 10.2 Å². The first-order valence-electron chi connectivity index (χ1n) is 8.98. The molecular formula is C18H24N7O2+. The monoisotopic (exact) mass is 370 g/mol. The Balaban J connectivity index is 1.49. The zero-order valence-corrected chi connectivity index (χ0v) is 15.6. The molecule has 1 aliphatic rings. The molecule has 0 radical (unpaired) electrons. The van der Waals surface area contributed by atoms with Crippen LogP contribution in [0.25, 0.3) is 11.5 Å². The number of anilines is 1. The van der Waals surface area contributed by atoms with Gasteiger partial charge in [-0.25, -0.2) is 0 Å². The number of nitrogens with zero attached hydrogens (tertiary/aromatic N) is 6. The molecule has 0 aliphatic carbocycles. The van der Waals surface area contributed by atoms with E-state index in [0.717, 1.165) is 12.8 Å². The van der Waals surface area contributed by atoms with Crippen LogP contribution in [0.5, 0.6) is 0 Å². The third-order valence-corrected chi connectivity index (χ3v) is 4.60. The van der Waals surface area contributed by atoms with E-state index in [0.29, 0.717) is 48.2 Å². The van der Waals surface area contributed by atoms with Crippen LogP contribution in [0.1, 0.15) is 12.8 Å². The molecule has 27 heavy (non-hydrogen) atoms. The molecule has 2 aromatic heterocycles. The second-order valence-electron chi connectivity index (χ2n) is 7.26. The molecule has 1 atom stereocenters. The minimum absolute atomic E-state index is 0.0271. The van der Waals surface area contributed by atoms with Crippen molar-refractivity contribution in [3.63, 3.8) is 0 Å². The van der Waals surface area contributed by atoms with Crippen LogP contribution >= 0.6 is 0 Å². The Kier molecular flexibility index (Phi) is 5.66. The van der Waals surface area contributed by atoms with E-state index >= 15 is 0 Å². The minimum atomic E-state index is -0.279. The highest BCUT2D eigenvalue weighted by molar-refractivity contribution is 5.78. The lowest BCUT2D eigenvalue weighted by atomic mass is 10.2. The van der Waals surface area contributed by atoms with E-state index in [9.17, 15) is 4.79 Å². The molecule has 2 aromatic rings. The van der Waals surface area contributed by atoms with E-state index in [1.807, 2.05) is 32.3 Å². The fraction of sp³-hybridized carbons (Fsp3) is 0.500. The van der Waals surface area contributed by atoms with Crippen LogP contribution in [0.4, 0.5) is 6.01 Å². The number of likely N-dealkylation sites (tertiary alicyclic amines) is 1. The summed E-state index contributed by atoms with van der Waals surface area (Å²) >= 11 is 0. The van der Waals surface area contributed by atoms with E-state index < -0.39 is 0 Å². The van der Waals surface area contributed by atoms with E-state index in [1.54, 1.807) is 11.1 Å². The van der Waals surface area contributed by atoms with Gasteiger partial charge in [-0.15, -0.1) is 0 Å². The Morgan fingerprint density at radius 3 is 3.07 bits per heavy atom. The summed E-state index contributed by atoms with van der Waals surface area (Å²) in [5.74, 6) is 0.456. The van der Waals surface area contributed by atoms with E-state index in [-0.39, 0.29) is 11.9 Å². The summed E-state index contributed by atoms with van der Waals surface area (Å²) in [6, 6.07) is 7.76. The Labute approximate surface area is 158 Å². The van der Waals surface area contributed by atoms with Gasteiger partial charge in [0, 0.05) is 12.7 Å². The maximum Gasteiger partial charge on any atom is 0.322 e. The molecule has 0 unspecified atom stereocenters. The number of hydrogen-bond acceptors (Lipinski definition) is 7. The maximum atomic E-state index is 12.5. The van der Waals surface area contributed by atoms with Crippen LogP contribution < -0.4 is 5.32 Å². The van der Waals surface area contributed by atoms with Crippen LogP contribution in [0, 0.1) is 11.3 Å². The zero-order valence-electron chi connectivity index (χ0n) is 15.6. The van der Waals surface area contributed by atoms with Gasteiger partial charge >= 0.3 is 6.01 Å². The molecule has 0 bridgehead atoms. The van der Waals surface area contributed by atoms with Crippen molar-refractivity contribution in [3.05, 3.63) is 24.4 Å². The van der Waals surface area contributed by atoms with Crippen molar-refractivity contribution in [1.29, 1.82) is 5.26 Å². The second-order valence-corrected chi connectivity index (χ2v) is 7.26. The number of carbonyl (C=O) groups is 1. The zero-order chi connectivity index (χ0) is 19.3. The normalized spacial score (nSPS) is 16.9. The van der Waals surface area contributed by atoms with Crippen molar-refractivity contribution in [2.24, 2.45) is 0 Å². The SMILES string of the molecule is C[N+](C)(CCNc1nc(-c2ccccn2)no1)CC(=O)N1CCC[C@H]1C#N. The number of quaternary nitrogens is 1. The highest BCUT2D eigenvalue weighted by Gasteiger charge is 2.32. The average molecular weight is 370 g/mol. The first-order chi connectivity index (χ1) is 13.0. The molecule has 1 N–H and O–H groups in total. The highest BCUT2D eigenvalue weighted by atomic mass is 16.5. The van der Waals surface area contributed by atoms with Gasteiger partial charge in [0.25, 0.3) is 5.91 Å². The smallest absolute Gasteiger partial charge is 0.322 e. The Morgan fingerprint density at radius 1 is 1.48 bits per heavy atom. The first kappa shape index (κ1) is 18.8. The second kappa shape index (κ2) is 8.14. The van der Waals surface area contributed by atoms with Crippen LogP contribution in [0.15, 0.2) is 28.9 Å². The third-order valence-electron chi connectivity index (χ3n) is 4.60. The number of amides is 1. The van der Waals surface area contributed by atoms with Crippen LogP contribution in [-0.2, 0) is 4.79 Å². The molecule has 0 saturated carbocycles. The Bertz CT molecular complexity index is 813. The number of aromatic nitrogens is 3. The van der Waals surface area contributed by atoms with E-state index in [2.05, 4.69) is 26.5 Å². The van der Waals surface area contributed by atoms with Gasteiger partial charge in [0.15, 0.2) is 6.54 Å². The van der Waals surface area contributed by atoms with Crippen molar-refractivity contribution >= 4 is 11.9 Å². The molecule has 9 heteroatoms. The predicted octanol–water partition coefficient (Wildman–Crippen LogP) is 1.13. The van der Waals surface area contributed by atoms with Gasteiger partial charge in [-0.3, -0.25) is 9.78 Å². The van der Waals surface area contributed by atoms with E-state index in [1.165, 1.54) is 0 Å². The molecule has 0 spiro atoms. The van der Waals surface area contributed by atoms with Gasteiger partial charge in [0.05, 0.1) is 33.3 Å².